The molecule has 1 saturated heterocycles. The predicted octanol–water partition coefficient (Wildman–Crippen LogP) is 2.38. The normalized spacial score (nSPS) is 36.3. The van der Waals surface area contributed by atoms with Crippen molar-refractivity contribution in [2.75, 3.05) is 19.7 Å². The molecule has 19 heavy (non-hydrogen) atoms. The molecular formula is C16H32N2O. The van der Waals surface area contributed by atoms with Crippen LogP contribution >= 0.6 is 0 Å². The minimum absolute atomic E-state index is 0.297. The van der Waals surface area contributed by atoms with Gasteiger partial charge in [0.15, 0.2) is 0 Å². The van der Waals surface area contributed by atoms with Crippen LogP contribution in [0.1, 0.15) is 58.8 Å². The maximum absolute atomic E-state index is 9.23. The lowest BCUT2D eigenvalue weighted by Crippen LogP contribution is -2.52. The molecule has 1 aliphatic carbocycles. The van der Waals surface area contributed by atoms with Crippen LogP contribution < -0.4 is 5.73 Å². The number of aliphatic hydroxyl groups is 1. The first-order valence-corrected chi connectivity index (χ1v) is 8.15. The quantitative estimate of drug-likeness (QED) is 0.823. The maximum atomic E-state index is 9.23. The van der Waals surface area contributed by atoms with E-state index in [0.29, 0.717) is 30.0 Å². The van der Waals surface area contributed by atoms with Crippen LogP contribution in [0.15, 0.2) is 0 Å². The molecule has 3 N–H and O–H groups in total. The molecule has 1 saturated carbocycles. The summed E-state index contributed by atoms with van der Waals surface area (Å²) in [6.07, 6.45) is 8.70. The third-order valence-electron chi connectivity index (χ3n) is 5.49. The lowest BCUT2D eigenvalue weighted by Gasteiger charge is -2.45. The molecule has 0 bridgehead atoms. The highest BCUT2D eigenvalue weighted by Gasteiger charge is 2.37. The molecule has 112 valence electrons. The summed E-state index contributed by atoms with van der Waals surface area (Å²) in [7, 11) is 0. The molecule has 3 nitrogen and oxygen atoms in total. The second kappa shape index (κ2) is 6.55. The summed E-state index contributed by atoms with van der Waals surface area (Å²) in [4.78, 5) is 2.62. The summed E-state index contributed by atoms with van der Waals surface area (Å²) in [6.45, 7) is 7.32. The zero-order valence-corrected chi connectivity index (χ0v) is 12.8. The van der Waals surface area contributed by atoms with Crippen LogP contribution in [0, 0.1) is 11.3 Å². The first kappa shape index (κ1) is 15.3. The fourth-order valence-electron chi connectivity index (χ4n) is 4.09. The third-order valence-corrected chi connectivity index (χ3v) is 5.49. The molecule has 1 aliphatic heterocycles. The molecule has 3 heteroatoms. The number of rotatable bonds is 4. The van der Waals surface area contributed by atoms with Gasteiger partial charge in [0.25, 0.3) is 0 Å². The van der Waals surface area contributed by atoms with Crippen LogP contribution in [0.25, 0.3) is 0 Å². The Morgan fingerprint density at radius 1 is 1.21 bits per heavy atom. The number of hydrogen-bond acceptors (Lipinski definition) is 3. The second-order valence-corrected chi connectivity index (χ2v) is 7.32. The van der Waals surface area contributed by atoms with Crippen LogP contribution in [0.2, 0.25) is 0 Å². The van der Waals surface area contributed by atoms with E-state index < -0.39 is 0 Å². The molecule has 0 spiro atoms. The highest BCUT2D eigenvalue weighted by molar-refractivity contribution is 4.93. The third kappa shape index (κ3) is 3.71. The van der Waals surface area contributed by atoms with Gasteiger partial charge < -0.3 is 10.8 Å². The van der Waals surface area contributed by atoms with Gasteiger partial charge >= 0.3 is 0 Å². The fraction of sp³-hybridized carbons (Fsp3) is 1.00. The Kier molecular flexibility index (Phi) is 5.27. The minimum atomic E-state index is 0.297. The molecular weight excluding hydrogens is 236 g/mol. The van der Waals surface area contributed by atoms with Gasteiger partial charge in [0, 0.05) is 25.2 Å². The number of nitrogens with two attached hydrogens (primary N) is 1. The second-order valence-electron chi connectivity index (χ2n) is 7.32. The molecule has 2 fully saturated rings. The summed E-state index contributed by atoms with van der Waals surface area (Å²) >= 11 is 0. The van der Waals surface area contributed by atoms with E-state index in [4.69, 9.17) is 5.73 Å². The van der Waals surface area contributed by atoms with Crippen molar-refractivity contribution in [1.82, 2.24) is 4.90 Å². The Morgan fingerprint density at radius 3 is 2.74 bits per heavy atom. The van der Waals surface area contributed by atoms with E-state index in [1.807, 2.05) is 0 Å². The first-order chi connectivity index (χ1) is 9.04. The van der Waals surface area contributed by atoms with Crippen molar-refractivity contribution in [2.45, 2.75) is 70.9 Å². The average molecular weight is 268 g/mol. The highest BCUT2D eigenvalue weighted by Crippen LogP contribution is 2.38. The van der Waals surface area contributed by atoms with Crippen molar-refractivity contribution in [3.63, 3.8) is 0 Å². The molecule has 0 aromatic carbocycles. The Morgan fingerprint density at radius 2 is 2.00 bits per heavy atom. The van der Waals surface area contributed by atoms with Crippen molar-refractivity contribution in [1.29, 1.82) is 0 Å². The Bertz CT molecular complexity index is 278. The van der Waals surface area contributed by atoms with Gasteiger partial charge in [-0.1, -0.05) is 26.7 Å². The molecule has 1 heterocycles. The summed E-state index contributed by atoms with van der Waals surface area (Å²) in [5, 5.41) is 9.23. The molecule has 2 rings (SSSR count). The number of nitrogens with zero attached hydrogens (tertiary/aromatic N) is 1. The van der Waals surface area contributed by atoms with Crippen molar-refractivity contribution < 1.29 is 5.11 Å². The van der Waals surface area contributed by atoms with Gasteiger partial charge in [-0.3, -0.25) is 4.90 Å². The minimum Gasteiger partial charge on any atom is -0.396 e. The Labute approximate surface area is 118 Å². The van der Waals surface area contributed by atoms with E-state index in [-0.39, 0.29) is 0 Å². The predicted molar refractivity (Wildman–Crippen MR) is 80.0 cm³/mol. The van der Waals surface area contributed by atoms with Gasteiger partial charge in [0.2, 0.25) is 0 Å². The average Bonchev–Trinajstić information content (AvgIpc) is 2.37. The van der Waals surface area contributed by atoms with Crippen molar-refractivity contribution in [3.8, 4) is 0 Å². The molecule has 0 aromatic heterocycles. The van der Waals surface area contributed by atoms with Crippen LogP contribution in [0.3, 0.4) is 0 Å². The smallest absolute Gasteiger partial charge is 0.0445 e. The van der Waals surface area contributed by atoms with Gasteiger partial charge in [0.05, 0.1) is 0 Å². The van der Waals surface area contributed by atoms with E-state index in [1.165, 1.54) is 45.1 Å². The highest BCUT2D eigenvalue weighted by atomic mass is 16.3. The van der Waals surface area contributed by atoms with Gasteiger partial charge in [-0.2, -0.15) is 0 Å². The lowest BCUT2D eigenvalue weighted by molar-refractivity contribution is 0.0583. The van der Waals surface area contributed by atoms with Gasteiger partial charge in [-0.15, -0.1) is 0 Å². The molecule has 0 radical (unpaired) electrons. The van der Waals surface area contributed by atoms with Gasteiger partial charge in [-0.05, 0) is 50.0 Å². The van der Waals surface area contributed by atoms with E-state index >= 15 is 0 Å². The Hall–Kier alpha value is -0.120. The van der Waals surface area contributed by atoms with Crippen molar-refractivity contribution >= 4 is 0 Å². The molecule has 2 aliphatic rings. The molecule has 3 atom stereocenters. The van der Waals surface area contributed by atoms with E-state index in [9.17, 15) is 5.11 Å². The number of piperidine rings is 1. The Balaban J connectivity index is 1.94. The number of aliphatic hydroxyl groups excluding tert-OH is 1. The lowest BCUT2D eigenvalue weighted by atomic mass is 9.68. The van der Waals surface area contributed by atoms with Gasteiger partial charge in [0.1, 0.15) is 0 Å². The SMILES string of the molecule is CC1(C)CCCC(CN2CCCCC2CCO)C1N. The monoisotopic (exact) mass is 268 g/mol. The summed E-state index contributed by atoms with van der Waals surface area (Å²) < 4.78 is 0. The van der Waals surface area contributed by atoms with Crippen molar-refractivity contribution in [3.05, 3.63) is 0 Å². The van der Waals surface area contributed by atoms with Gasteiger partial charge in [-0.25, -0.2) is 0 Å². The number of likely N-dealkylation sites (tertiary alicyclic amines) is 1. The van der Waals surface area contributed by atoms with Crippen LogP contribution in [-0.4, -0.2) is 41.8 Å². The van der Waals surface area contributed by atoms with E-state index in [1.54, 1.807) is 0 Å². The van der Waals surface area contributed by atoms with Crippen LogP contribution in [0.4, 0.5) is 0 Å². The van der Waals surface area contributed by atoms with Crippen LogP contribution in [-0.2, 0) is 0 Å². The number of hydrogen-bond donors (Lipinski definition) is 2. The summed E-state index contributed by atoms with van der Waals surface area (Å²) in [5.41, 5.74) is 6.81. The maximum Gasteiger partial charge on any atom is 0.0445 e. The summed E-state index contributed by atoms with van der Waals surface area (Å²) in [5.74, 6) is 0.642. The molecule has 3 unspecified atom stereocenters. The zero-order valence-electron chi connectivity index (χ0n) is 12.8. The van der Waals surface area contributed by atoms with E-state index in [2.05, 4.69) is 18.7 Å². The topological polar surface area (TPSA) is 49.5 Å². The van der Waals surface area contributed by atoms with Crippen LogP contribution in [0.5, 0.6) is 0 Å². The standard InChI is InChI=1S/C16H32N2O/c1-16(2)9-5-6-13(15(16)17)12-18-10-4-3-7-14(18)8-11-19/h13-15,19H,3-12,17H2,1-2H3. The summed E-state index contributed by atoms with van der Waals surface area (Å²) in [6, 6.07) is 0.925. The molecule has 0 aromatic rings. The molecule has 0 amide bonds. The zero-order chi connectivity index (χ0) is 13.9. The largest absolute Gasteiger partial charge is 0.396 e. The first-order valence-electron chi connectivity index (χ1n) is 8.15. The van der Waals surface area contributed by atoms with E-state index in [0.717, 1.165) is 13.0 Å². The fourth-order valence-corrected chi connectivity index (χ4v) is 4.09. The van der Waals surface area contributed by atoms with Crippen molar-refractivity contribution in [2.24, 2.45) is 17.1 Å².